The van der Waals surface area contributed by atoms with Crippen molar-refractivity contribution in [1.29, 1.82) is 0 Å². The molecule has 1 saturated carbocycles. The molecule has 162 valence electrons. The molecule has 9 heteroatoms. The summed E-state index contributed by atoms with van der Waals surface area (Å²) in [6, 6.07) is 6.41. The van der Waals surface area contributed by atoms with Crippen molar-refractivity contribution < 1.29 is 4.39 Å². The Morgan fingerprint density at radius 2 is 1.91 bits per heavy atom. The number of aryl methyl sites for hydroxylation is 1. The van der Waals surface area contributed by atoms with Crippen LogP contribution in [-0.4, -0.2) is 40.8 Å². The zero-order chi connectivity index (χ0) is 21.8. The van der Waals surface area contributed by atoms with Crippen molar-refractivity contribution in [1.82, 2.24) is 34.3 Å². The van der Waals surface area contributed by atoms with Crippen LogP contribution in [-0.2, 0) is 0 Å². The lowest BCUT2D eigenvalue weighted by molar-refractivity contribution is 0.520. The molecule has 1 unspecified atom stereocenters. The van der Waals surface area contributed by atoms with E-state index in [1.807, 2.05) is 23.9 Å². The SMILES string of the molecule is CCC1c2nnc(C)n2-c2cnc(-n3ccnc3-c3ccc(F)cc3)nc2N1CC1CC1. The maximum atomic E-state index is 13.4. The Balaban J connectivity index is 1.50. The second-order valence-electron chi connectivity index (χ2n) is 8.47. The highest BCUT2D eigenvalue weighted by atomic mass is 19.1. The summed E-state index contributed by atoms with van der Waals surface area (Å²) < 4.78 is 17.3. The second kappa shape index (κ2) is 7.22. The van der Waals surface area contributed by atoms with Crippen molar-refractivity contribution in [2.45, 2.75) is 39.2 Å². The Morgan fingerprint density at radius 1 is 1.09 bits per heavy atom. The van der Waals surface area contributed by atoms with Gasteiger partial charge in [0, 0.05) is 24.5 Å². The largest absolute Gasteiger partial charge is 0.344 e. The van der Waals surface area contributed by atoms with E-state index in [9.17, 15) is 4.39 Å². The molecule has 1 aromatic carbocycles. The molecular formula is C23H23FN8. The summed E-state index contributed by atoms with van der Waals surface area (Å²) >= 11 is 0. The van der Waals surface area contributed by atoms with Gasteiger partial charge in [0.1, 0.15) is 23.2 Å². The maximum Gasteiger partial charge on any atom is 0.237 e. The number of fused-ring (bicyclic) bond motifs is 3. The number of aromatic nitrogens is 7. The quantitative estimate of drug-likeness (QED) is 0.476. The van der Waals surface area contributed by atoms with Crippen LogP contribution >= 0.6 is 0 Å². The summed E-state index contributed by atoms with van der Waals surface area (Å²) in [5, 5.41) is 8.83. The van der Waals surface area contributed by atoms with Crippen LogP contribution in [0.15, 0.2) is 42.9 Å². The normalized spacial score (nSPS) is 17.3. The van der Waals surface area contributed by atoms with Gasteiger partial charge in [0.2, 0.25) is 5.95 Å². The first-order valence-electron chi connectivity index (χ1n) is 11.0. The summed E-state index contributed by atoms with van der Waals surface area (Å²) in [5.74, 6) is 4.28. The number of nitrogens with zero attached hydrogens (tertiary/aromatic N) is 8. The molecule has 0 radical (unpaired) electrons. The monoisotopic (exact) mass is 430 g/mol. The highest BCUT2D eigenvalue weighted by Gasteiger charge is 2.37. The first kappa shape index (κ1) is 19.1. The molecule has 6 rings (SSSR count). The van der Waals surface area contributed by atoms with Crippen LogP contribution in [0.5, 0.6) is 0 Å². The number of rotatable bonds is 5. The molecule has 4 heterocycles. The van der Waals surface area contributed by atoms with Crippen LogP contribution in [0.2, 0.25) is 0 Å². The molecule has 32 heavy (non-hydrogen) atoms. The molecule has 1 aliphatic heterocycles. The molecule has 2 aliphatic rings. The van der Waals surface area contributed by atoms with Crippen molar-refractivity contribution in [3.63, 3.8) is 0 Å². The van der Waals surface area contributed by atoms with Crippen LogP contribution in [0.25, 0.3) is 23.0 Å². The van der Waals surface area contributed by atoms with E-state index in [1.165, 1.54) is 25.0 Å². The summed E-state index contributed by atoms with van der Waals surface area (Å²) in [6.45, 7) is 5.08. The molecule has 0 amide bonds. The Hall–Kier alpha value is -3.62. The van der Waals surface area contributed by atoms with Gasteiger partial charge in [-0.15, -0.1) is 10.2 Å². The van der Waals surface area contributed by atoms with Gasteiger partial charge in [-0.3, -0.25) is 9.13 Å². The molecule has 0 bridgehead atoms. The van der Waals surface area contributed by atoms with E-state index < -0.39 is 0 Å². The molecule has 1 fully saturated rings. The van der Waals surface area contributed by atoms with Gasteiger partial charge in [-0.05, 0) is 56.4 Å². The Labute approximate surface area is 184 Å². The first-order chi connectivity index (χ1) is 15.6. The van der Waals surface area contributed by atoms with Crippen molar-refractivity contribution in [3.05, 3.63) is 60.3 Å². The topological polar surface area (TPSA) is 77.5 Å². The van der Waals surface area contributed by atoms with Crippen LogP contribution in [0.4, 0.5) is 10.2 Å². The lowest BCUT2D eigenvalue weighted by Gasteiger charge is -2.37. The molecule has 4 aromatic rings. The van der Waals surface area contributed by atoms with Crippen LogP contribution in [0.1, 0.15) is 43.9 Å². The number of benzene rings is 1. The van der Waals surface area contributed by atoms with Gasteiger partial charge in [-0.2, -0.15) is 4.98 Å². The van der Waals surface area contributed by atoms with Gasteiger partial charge in [-0.1, -0.05) is 6.92 Å². The van der Waals surface area contributed by atoms with E-state index in [0.717, 1.165) is 41.7 Å². The Morgan fingerprint density at radius 3 is 2.66 bits per heavy atom. The zero-order valence-electron chi connectivity index (χ0n) is 18.0. The highest BCUT2D eigenvalue weighted by Crippen LogP contribution is 2.42. The van der Waals surface area contributed by atoms with E-state index in [2.05, 4.69) is 36.6 Å². The van der Waals surface area contributed by atoms with E-state index in [-0.39, 0.29) is 11.9 Å². The predicted molar refractivity (Wildman–Crippen MR) is 117 cm³/mol. The Kier molecular flexibility index (Phi) is 4.31. The van der Waals surface area contributed by atoms with Gasteiger partial charge < -0.3 is 4.90 Å². The van der Waals surface area contributed by atoms with Crippen molar-refractivity contribution in [3.8, 4) is 23.0 Å². The van der Waals surface area contributed by atoms with Gasteiger partial charge in [0.05, 0.1) is 12.2 Å². The van der Waals surface area contributed by atoms with E-state index in [0.29, 0.717) is 17.7 Å². The molecule has 0 spiro atoms. The molecule has 8 nitrogen and oxygen atoms in total. The maximum absolute atomic E-state index is 13.4. The highest BCUT2D eigenvalue weighted by molar-refractivity contribution is 5.64. The van der Waals surface area contributed by atoms with Crippen LogP contribution in [0, 0.1) is 18.7 Å². The lowest BCUT2D eigenvalue weighted by atomic mass is 10.1. The van der Waals surface area contributed by atoms with Gasteiger partial charge in [0.25, 0.3) is 0 Å². The lowest BCUT2D eigenvalue weighted by Crippen LogP contribution is -2.37. The van der Waals surface area contributed by atoms with Gasteiger partial charge in [-0.25, -0.2) is 14.4 Å². The number of hydrogen-bond acceptors (Lipinski definition) is 6. The number of hydrogen-bond donors (Lipinski definition) is 0. The van der Waals surface area contributed by atoms with Gasteiger partial charge >= 0.3 is 0 Å². The number of halogens is 1. The summed E-state index contributed by atoms with van der Waals surface area (Å²) in [4.78, 5) is 16.5. The van der Waals surface area contributed by atoms with Crippen molar-refractivity contribution in [2.24, 2.45) is 5.92 Å². The number of anilines is 1. The molecule has 0 N–H and O–H groups in total. The second-order valence-corrected chi connectivity index (χ2v) is 8.47. The molecule has 1 atom stereocenters. The van der Waals surface area contributed by atoms with E-state index >= 15 is 0 Å². The summed E-state index contributed by atoms with van der Waals surface area (Å²) in [6.07, 6.45) is 8.80. The molecule has 3 aromatic heterocycles. The average molecular weight is 430 g/mol. The van der Waals surface area contributed by atoms with Crippen LogP contribution < -0.4 is 4.90 Å². The number of imidazole rings is 1. The molecule has 0 saturated heterocycles. The Bertz CT molecular complexity index is 1290. The van der Waals surface area contributed by atoms with E-state index in [1.54, 1.807) is 18.3 Å². The standard InChI is InChI=1S/C23H23FN8/c1-3-18-22-29-28-14(2)32(22)19-12-26-23(27-21(19)31(18)13-15-4-5-15)30-11-10-25-20(30)16-6-8-17(24)9-7-16/h6-12,15,18H,3-5,13H2,1-2H3. The predicted octanol–water partition coefficient (Wildman–Crippen LogP) is 4.04. The molecular weight excluding hydrogens is 407 g/mol. The summed E-state index contributed by atoms with van der Waals surface area (Å²) in [7, 11) is 0. The minimum Gasteiger partial charge on any atom is -0.344 e. The molecule has 1 aliphatic carbocycles. The third-order valence-electron chi connectivity index (χ3n) is 6.27. The smallest absolute Gasteiger partial charge is 0.237 e. The zero-order valence-corrected chi connectivity index (χ0v) is 18.0. The fourth-order valence-electron chi connectivity index (χ4n) is 4.49. The van der Waals surface area contributed by atoms with Crippen molar-refractivity contribution >= 4 is 5.82 Å². The van der Waals surface area contributed by atoms with Crippen LogP contribution in [0.3, 0.4) is 0 Å². The average Bonchev–Trinajstić information content (AvgIpc) is 3.34. The van der Waals surface area contributed by atoms with E-state index in [4.69, 9.17) is 4.98 Å². The third-order valence-corrected chi connectivity index (χ3v) is 6.27. The minimum atomic E-state index is -0.279. The van der Waals surface area contributed by atoms with Crippen molar-refractivity contribution in [2.75, 3.05) is 11.4 Å². The third kappa shape index (κ3) is 2.99. The fraction of sp³-hybridized carbons (Fsp3) is 0.348. The summed E-state index contributed by atoms with van der Waals surface area (Å²) in [5.41, 5.74) is 1.70. The first-order valence-corrected chi connectivity index (χ1v) is 11.0. The fourth-order valence-corrected chi connectivity index (χ4v) is 4.49. The van der Waals surface area contributed by atoms with Gasteiger partial charge in [0.15, 0.2) is 11.6 Å². The minimum absolute atomic E-state index is 0.117.